The molecule has 3 nitrogen and oxygen atoms in total. The zero-order chi connectivity index (χ0) is 11.4. The van der Waals surface area contributed by atoms with E-state index in [0.717, 1.165) is 32.8 Å². The monoisotopic (exact) mass is 228 g/mol. The molecule has 3 heteroatoms. The van der Waals surface area contributed by atoms with Gasteiger partial charge in [-0.3, -0.25) is 0 Å². The van der Waals surface area contributed by atoms with E-state index in [1.165, 1.54) is 19.3 Å². The summed E-state index contributed by atoms with van der Waals surface area (Å²) in [5.41, 5.74) is 0.242. The summed E-state index contributed by atoms with van der Waals surface area (Å²) in [6, 6.07) is 0. The molecule has 0 N–H and O–H groups in total. The van der Waals surface area contributed by atoms with Crippen molar-refractivity contribution in [1.82, 2.24) is 0 Å². The van der Waals surface area contributed by atoms with Gasteiger partial charge >= 0.3 is 0 Å². The van der Waals surface area contributed by atoms with Crippen molar-refractivity contribution in [3.8, 4) is 0 Å². The molecule has 2 rings (SSSR count). The second-order valence-corrected chi connectivity index (χ2v) is 5.18. The van der Waals surface area contributed by atoms with Gasteiger partial charge in [-0.15, -0.1) is 0 Å². The first-order valence-electron chi connectivity index (χ1n) is 6.58. The van der Waals surface area contributed by atoms with Gasteiger partial charge in [-0.25, -0.2) is 0 Å². The molecule has 0 bridgehead atoms. The Kier molecular flexibility index (Phi) is 4.22. The maximum atomic E-state index is 5.68. The van der Waals surface area contributed by atoms with E-state index in [9.17, 15) is 0 Å². The van der Waals surface area contributed by atoms with Gasteiger partial charge in [0, 0.05) is 26.4 Å². The van der Waals surface area contributed by atoms with E-state index in [1.807, 2.05) is 6.92 Å². The van der Waals surface area contributed by atoms with Crippen molar-refractivity contribution in [3.63, 3.8) is 0 Å². The van der Waals surface area contributed by atoms with E-state index in [-0.39, 0.29) is 5.60 Å². The number of hydrogen-bond donors (Lipinski definition) is 0. The highest BCUT2D eigenvalue weighted by Gasteiger charge is 2.55. The lowest BCUT2D eigenvalue weighted by Crippen LogP contribution is -2.24. The van der Waals surface area contributed by atoms with Crippen LogP contribution in [0.4, 0.5) is 0 Å². The van der Waals surface area contributed by atoms with Crippen LogP contribution >= 0.6 is 0 Å². The highest BCUT2D eigenvalue weighted by Crippen LogP contribution is 2.49. The molecular formula is C13H24O3. The normalized spacial score (nSPS) is 37.1. The van der Waals surface area contributed by atoms with Gasteiger partial charge in [-0.2, -0.15) is 0 Å². The molecule has 0 spiro atoms. The summed E-state index contributed by atoms with van der Waals surface area (Å²) in [6.45, 7) is 7.62. The molecule has 0 aromatic rings. The van der Waals surface area contributed by atoms with Crippen molar-refractivity contribution < 1.29 is 14.2 Å². The Morgan fingerprint density at radius 2 is 2.12 bits per heavy atom. The van der Waals surface area contributed by atoms with Gasteiger partial charge < -0.3 is 14.2 Å². The molecule has 3 atom stereocenters. The SMILES string of the molecule is CCOCCCOCC1CCC2(C)OC2C1. The van der Waals surface area contributed by atoms with Gasteiger partial charge in [0.1, 0.15) is 0 Å². The highest BCUT2D eigenvalue weighted by molar-refractivity contribution is 5.03. The van der Waals surface area contributed by atoms with Crippen LogP contribution in [0.5, 0.6) is 0 Å². The Hall–Kier alpha value is -0.120. The van der Waals surface area contributed by atoms with Gasteiger partial charge in [0.2, 0.25) is 0 Å². The van der Waals surface area contributed by atoms with Gasteiger partial charge in [-0.1, -0.05) is 0 Å². The van der Waals surface area contributed by atoms with Crippen LogP contribution in [0, 0.1) is 5.92 Å². The molecule has 1 aliphatic heterocycles. The summed E-state index contributed by atoms with van der Waals surface area (Å²) in [6.07, 6.45) is 5.21. The fourth-order valence-corrected chi connectivity index (χ4v) is 2.53. The van der Waals surface area contributed by atoms with Crippen LogP contribution in [-0.2, 0) is 14.2 Å². The van der Waals surface area contributed by atoms with Crippen LogP contribution in [0.2, 0.25) is 0 Å². The Morgan fingerprint density at radius 3 is 2.88 bits per heavy atom. The first kappa shape index (κ1) is 12.3. The average Bonchev–Trinajstić information content (AvgIpc) is 2.94. The quantitative estimate of drug-likeness (QED) is 0.495. The smallest absolute Gasteiger partial charge is 0.0920 e. The van der Waals surface area contributed by atoms with Crippen molar-refractivity contribution in [1.29, 1.82) is 0 Å². The molecule has 3 unspecified atom stereocenters. The molecule has 1 saturated heterocycles. The van der Waals surface area contributed by atoms with E-state index in [2.05, 4.69) is 6.92 Å². The predicted octanol–water partition coefficient (Wildman–Crippen LogP) is 2.39. The summed E-state index contributed by atoms with van der Waals surface area (Å²) in [4.78, 5) is 0. The molecule has 16 heavy (non-hydrogen) atoms. The Balaban J connectivity index is 1.48. The minimum absolute atomic E-state index is 0.242. The maximum Gasteiger partial charge on any atom is 0.0920 e. The van der Waals surface area contributed by atoms with Crippen LogP contribution in [0.3, 0.4) is 0 Å². The molecule has 0 amide bonds. The van der Waals surface area contributed by atoms with E-state index >= 15 is 0 Å². The van der Waals surface area contributed by atoms with Crippen LogP contribution in [-0.4, -0.2) is 38.1 Å². The minimum atomic E-state index is 0.242. The van der Waals surface area contributed by atoms with Gasteiger partial charge in [0.25, 0.3) is 0 Å². The van der Waals surface area contributed by atoms with Crippen LogP contribution in [0.25, 0.3) is 0 Å². The third-order valence-electron chi connectivity index (χ3n) is 3.77. The third kappa shape index (κ3) is 3.19. The number of ether oxygens (including phenoxy) is 3. The molecule has 94 valence electrons. The van der Waals surface area contributed by atoms with E-state index in [4.69, 9.17) is 14.2 Å². The van der Waals surface area contributed by atoms with Gasteiger partial charge in [0.15, 0.2) is 0 Å². The lowest BCUT2D eigenvalue weighted by Gasteiger charge is -2.22. The van der Waals surface area contributed by atoms with Crippen LogP contribution in [0.15, 0.2) is 0 Å². The van der Waals surface area contributed by atoms with E-state index < -0.39 is 0 Å². The Bertz CT molecular complexity index is 219. The zero-order valence-corrected chi connectivity index (χ0v) is 10.5. The summed E-state index contributed by atoms with van der Waals surface area (Å²) in [5.74, 6) is 0.715. The number of hydrogen-bond acceptors (Lipinski definition) is 3. The zero-order valence-electron chi connectivity index (χ0n) is 10.5. The number of fused-ring (bicyclic) bond motifs is 1. The average molecular weight is 228 g/mol. The van der Waals surface area contributed by atoms with Crippen molar-refractivity contribution in [2.24, 2.45) is 5.92 Å². The molecule has 2 fully saturated rings. The maximum absolute atomic E-state index is 5.68. The highest BCUT2D eigenvalue weighted by atomic mass is 16.6. The molecule has 1 aliphatic carbocycles. The summed E-state index contributed by atoms with van der Waals surface area (Å²) >= 11 is 0. The first-order chi connectivity index (χ1) is 7.74. The Labute approximate surface area is 98.4 Å². The van der Waals surface area contributed by atoms with Gasteiger partial charge in [-0.05, 0) is 45.4 Å². The fraction of sp³-hybridized carbons (Fsp3) is 1.00. The number of epoxide rings is 1. The third-order valence-corrected chi connectivity index (χ3v) is 3.77. The topological polar surface area (TPSA) is 31.0 Å². The lowest BCUT2D eigenvalue weighted by molar-refractivity contribution is 0.0616. The predicted molar refractivity (Wildman–Crippen MR) is 62.5 cm³/mol. The first-order valence-corrected chi connectivity index (χ1v) is 6.58. The minimum Gasteiger partial charge on any atom is -0.382 e. The summed E-state index contributed by atoms with van der Waals surface area (Å²) in [7, 11) is 0. The Morgan fingerprint density at radius 1 is 1.31 bits per heavy atom. The lowest BCUT2D eigenvalue weighted by atomic mass is 9.83. The number of rotatable bonds is 7. The van der Waals surface area contributed by atoms with Crippen molar-refractivity contribution in [3.05, 3.63) is 0 Å². The molecule has 0 radical (unpaired) electrons. The second-order valence-electron chi connectivity index (χ2n) is 5.18. The molecule has 0 aromatic heterocycles. The van der Waals surface area contributed by atoms with Crippen molar-refractivity contribution in [2.75, 3.05) is 26.4 Å². The van der Waals surface area contributed by atoms with Crippen molar-refractivity contribution in [2.45, 2.75) is 51.2 Å². The largest absolute Gasteiger partial charge is 0.382 e. The van der Waals surface area contributed by atoms with E-state index in [0.29, 0.717) is 12.0 Å². The van der Waals surface area contributed by atoms with Crippen molar-refractivity contribution >= 4 is 0 Å². The van der Waals surface area contributed by atoms with Gasteiger partial charge in [0.05, 0.1) is 11.7 Å². The standard InChI is InChI=1S/C13H24O3/c1-3-14-7-4-8-15-10-11-5-6-13(2)12(9-11)16-13/h11-12H,3-10H2,1-2H3. The second kappa shape index (κ2) is 5.48. The summed E-state index contributed by atoms with van der Waals surface area (Å²) in [5, 5.41) is 0. The fourth-order valence-electron chi connectivity index (χ4n) is 2.53. The molecule has 1 saturated carbocycles. The molecular weight excluding hydrogens is 204 g/mol. The van der Waals surface area contributed by atoms with Crippen LogP contribution < -0.4 is 0 Å². The van der Waals surface area contributed by atoms with E-state index in [1.54, 1.807) is 0 Å². The molecule has 0 aromatic carbocycles. The molecule has 1 heterocycles. The molecule has 2 aliphatic rings. The van der Waals surface area contributed by atoms with Crippen LogP contribution in [0.1, 0.15) is 39.5 Å². The summed E-state index contributed by atoms with van der Waals surface area (Å²) < 4.78 is 16.6.